The van der Waals surface area contributed by atoms with Crippen molar-refractivity contribution in [2.24, 2.45) is 0 Å². The summed E-state index contributed by atoms with van der Waals surface area (Å²) in [5, 5.41) is 10.7. The van der Waals surface area contributed by atoms with E-state index in [-0.39, 0.29) is 17.9 Å². The highest BCUT2D eigenvalue weighted by atomic mass is 16.2. The van der Waals surface area contributed by atoms with Crippen molar-refractivity contribution in [1.29, 1.82) is 0 Å². The maximum absolute atomic E-state index is 12.4. The van der Waals surface area contributed by atoms with Crippen LogP contribution in [0.15, 0.2) is 36.7 Å². The van der Waals surface area contributed by atoms with E-state index < -0.39 is 0 Å². The number of nitrogens with zero attached hydrogens (tertiary/aromatic N) is 4. The molecule has 0 radical (unpaired) electrons. The first-order chi connectivity index (χ1) is 12.1. The molecule has 132 valence electrons. The third-order valence-corrected chi connectivity index (χ3v) is 4.60. The van der Waals surface area contributed by atoms with E-state index in [1.165, 1.54) is 0 Å². The lowest BCUT2D eigenvalue weighted by Crippen LogP contribution is -2.46. The first-order valence-electron chi connectivity index (χ1n) is 8.62. The van der Waals surface area contributed by atoms with E-state index in [4.69, 9.17) is 0 Å². The molecule has 2 aromatic rings. The molecule has 2 heterocycles. The Labute approximate surface area is 147 Å². The Morgan fingerprint density at radius 2 is 2.00 bits per heavy atom. The maximum atomic E-state index is 12.4. The molecule has 1 aromatic heterocycles. The van der Waals surface area contributed by atoms with Crippen LogP contribution in [0, 0.1) is 6.92 Å². The summed E-state index contributed by atoms with van der Waals surface area (Å²) < 4.78 is 1.66. The molecule has 0 unspecified atom stereocenters. The second-order valence-electron chi connectivity index (χ2n) is 6.36. The van der Waals surface area contributed by atoms with Crippen LogP contribution in [-0.2, 0) is 11.3 Å². The lowest BCUT2D eigenvalue weighted by atomic mass is 10.0. The Morgan fingerprint density at radius 3 is 2.68 bits per heavy atom. The molecule has 2 amide bonds. The molecule has 7 heteroatoms. The van der Waals surface area contributed by atoms with Gasteiger partial charge in [-0.05, 0) is 31.4 Å². The number of benzene rings is 1. The van der Waals surface area contributed by atoms with Crippen molar-refractivity contribution in [3.63, 3.8) is 0 Å². The van der Waals surface area contributed by atoms with Gasteiger partial charge in [0.15, 0.2) is 0 Å². The van der Waals surface area contributed by atoms with Crippen molar-refractivity contribution in [2.75, 3.05) is 13.1 Å². The van der Waals surface area contributed by atoms with Crippen LogP contribution in [-0.4, -0.2) is 50.8 Å². The van der Waals surface area contributed by atoms with Crippen LogP contribution in [0.25, 0.3) is 0 Å². The van der Waals surface area contributed by atoms with Gasteiger partial charge in [0.2, 0.25) is 5.91 Å². The van der Waals surface area contributed by atoms with Crippen LogP contribution in [0.5, 0.6) is 0 Å². The second-order valence-corrected chi connectivity index (χ2v) is 6.36. The predicted octanol–water partition coefficient (Wildman–Crippen LogP) is 1.40. The van der Waals surface area contributed by atoms with Gasteiger partial charge in [-0.2, -0.15) is 0 Å². The van der Waals surface area contributed by atoms with E-state index in [1.807, 2.05) is 36.1 Å². The lowest BCUT2D eigenvalue weighted by Gasteiger charge is -2.32. The van der Waals surface area contributed by atoms with Gasteiger partial charge in [-0.15, -0.1) is 5.10 Å². The quantitative estimate of drug-likeness (QED) is 0.891. The zero-order chi connectivity index (χ0) is 17.6. The fourth-order valence-electron chi connectivity index (χ4n) is 3.08. The second kappa shape index (κ2) is 7.92. The predicted molar refractivity (Wildman–Crippen MR) is 92.9 cm³/mol. The molecule has 1 aliphatic rings. The number of aryl methyl sites for hydroxylation is 2. The molecule has 1 fully saturated rings. The molecule has 1 N–H and O–H groups in total. The highest BCUT2D eigenvalue weighted by Gasteiger charge is 2.24. The standard InChI is InChI=1S/C18H23N5O2/c1-14-4-2-3-5-16(14)18(25)20-15-6-10-22(11-7-15)17(24)8-12-23-13-9-19-21-23/h2-5,9,13,15H,6-8,10-12H2,1H3,(H,20,25). The molecular formula is C18H23N5O2. The van der Waals surface area contributed by atoms with Crippen molar-refractivity contribution in [2.45, 2.75) is 38.8 Å². The van der Waals surface area contributed by atoms with Crippen LogP contribution in [0.2, 0.25) is 0 Å². The average molecular weight is 341 g/mol. The first-order valence-corrected chi connectivity index (χ1v) is 8.62. The third kappa shape index (κ3) is 4.43. The van der Waals surface area contributed by atoms with Crippen molar-refractivity contribution < 1.29 is 9.59 Å². The molecule has 1 saturated heterocycles. The SMILES string of the molecule is Cc1ccccc1C(=O)NC1CCN(C(=O)CCn2ccnn2)CC1. The van der Waals surface area contributed by atoms with Gasteiger partial charge in [0.25, 0.3) is 5.91 Å². The topological polar surface area (TPSA) is 80.1 Å². The number of amides is 2. The van der Waals surface area contributed by atoms with Crippen LogP contribution in [0.3, 0.4) is 0 Å². The molecule has 7 nitrogen and oxygen atoms in total. The molecule has 25 heavy (non-hydrogen) atoms. The number of piperidine rings is 1. The highest BCUT2D eigenvalue weighted by molar-refractivity contribution is 5.95. The molecule has 3 rings (SSSR count). The maximum Gasteiger partial charge on any atom is 0.251 e. The Morgan fingerprint density at radius 1 is 1.24 bits per heavy atom. The van der Waals surface area contributed by atoms with E-state index >= 15 is 0 Å². The summed E-state index contributed by atoms with van der Waals surface area (Å²) in [5.41, 5.74) is 1.69. The largest absolute Gasteiger partial charge is 0.349 e. The van der Waals surface area contributed by atoms with Gasteiger partial charge >= 0.3 is 0 Å². The Kier molecular flexibility index (Phi) is 5.42. The number of nitrogens with one attached hydrogen (secondary N) is 1. The fraction of sp³-hybridized carbons (Fsp3) is 0.444. The molecule has 0 aliphatic carbocycles. The zero-order valence-corrected chi connectivity index (χ0v) is 14.4. The van der Waals surface area contributed by atoms with E-state index in [0.717, 1.165) is 18.4 Å². The van der Waals surface area contributed by atoms with Gasteiger partial charge in [-0.25, -0.2) is 0 Å². The van der Waals surface area contributed by atoms with Gasteiger partial charge < -0.3 is 10.2 Å². The molecule has 0 saturated carbocycles. The van der Waals surface area contributed by atoms with Crippen LogP contribution < -0.4 is 5.32 Å². The lowest BCUT2D eigenvalue weighted by molar-refractivity contribution is -0.132. The Balaban J connectivity index is 1.44. The number of carbonyl (C=O) groups is 2. The summed E-state index contributed by atoms with van der Waals surface area (Å²) in [6.07, 6.45) is 5.34. The molecular weight excluding hydrogens is 318 g/mol. The summed E-state index contributed by atoms with van der Waals surface area (Å²) >= 11 is 0. The van der Waals surface area contributed by atoms with Crippen molar-refractivity contribution in [3.8, 4) is 0 Å². The van der Waals surface area contributed by atoms with Crippen LogP contribution >= 0.6 is 0 Å². The minimum atomic E-state index is -0.0333. The van der Waals surface area contributed by atoms with E-state index in [2.05, 4.69) is 15.6 Å². The summed E-state index contributed by atoms with van der Waals surface area (Å²) in [5.74, 6) is 0.0910. The van der Waals surface area contributed by atoms with Gasteiger partial charge in [0.1, 0.15) is 0 Å². The van der Waals surface area contributed by atoms with Gasteiger partial charge in [-0.3, -0.25) is 14.3 Å². The van der Waals surface area contributed by atoms with E-state index in [0.29, 0.717) is 31.6 Å². The smallest absolute Gasteiger partial charge is 0.251 e. The number of likely N-dealkylation sites (tertiary alicyclic amines) is 1. The highest BCUT2D eigenvalue weighted by Crippen LogP contribution is 2.14. The van der Waals surface area contributed by atoms with E-state index in [9.17, 15) is 9.59 Å². The Bertz CT molecular complexity index is 721. The van der Waals surface area contributed by atoms with Crippen LogP contribution in [0.1, 0.15) is 35.2 Å². The van der Waals surface area contributed by atoms with Gasteiger partial charge in [-0.1, -0.05) is 23.4 Å². The molecule has 0 spiro atoms. The first kappa shape index (κ1) is 17.1. The normalized spacial score (nSPS) is 15.2. The third-order valence-electron chi connectivity index (χ3n) is 4.60. The summed E-state index contributed by atoms with van der Waals surface area (Å²) in [6.45, 7) is 3.83. The summed E-state index contributed by atoms with van der Waals surface area (Å²) in [7, 11) is 0. The minimum absolute atomic E-state index is 0.0333. The van der Waals surface area contributed by atoms with Gasteiger partial charge in [0.05, 0.1) is 12.7 Å². The van der Waals surface area contributed by atoms with Gasteiger partial charge in [0, 0.05) is 37.3 Å². The summed E-state index contributed by atoms with van der Waals surface area (Å²) in [6, 6.07) is 7.69. The monoisotopic (exact) mass is 341 g/mol. The van der Waals surface area contributed by atoms with Crippen LogP contribution in [0.4, 0.5) is 0 Å². The van der Waals surface area contributed by atoms with Crippen molar-refractivity contribution in [1.82, 2.24) is 25.2 Å². The molecule has 1 aromatic carbocycles. The van der Waals surface area contributed by atoms with Crippen molar-refractivity contribution in [3.05, 3.63) is 47.8 Å². The summed E-state index contributed by atoms with van der Waals surface area (Å²) in [4.78, 5) is 26.5. The average Bonchev–Trinajstić information content (AvgIpc) is 3.14. The number of rotatable bonds is 5. The number of hydrogen-bond acceptors (Lipinski definition) is 4. The number of aromatic nitrogens is 3. The molecule has 0 atom stereocenters. The molecule has 0 bridgehead atoms. The fourth-order valence-corrected chi connectivity index (χ4v) is 3.08. The molecule has 1 aliphatic heterocycles. The number of carbonyl (C=O) groups excluding carboxylic acids is 2. The van der Waals surface area contributed by atoms with Crippen molar-refractivity contribution >= 4 is 11.8 Å². The minimum Gasteiger partial charge on any atom is -0.349 e. The van der Waals surface area contributed by atoms with E-state index in [1.54, 1.807) is 17.1 Å². The number of hydrogen-bond donors (Lipinski definition) is 1. The zero-order valence-electron chi connectivity index (χ0n) is 14.4. The Hall–Kier alpha value is -2.70.